The highest BCUT2D eigenvalue weighted by atomic mass is 127. The second-order valence-electron chi connectivity index (χ2n) is 7.54. The molecule has 1 fully saturated rings. The number of halogens is 1. The van der Waals surface area contributed by atoms with Crippen LogP contribution in [0.4, 0.5) is 4.79 Å². The molecule has 0 aliphatic carbocycles. The number of hydrogen-bond acceptors (Lipinski definition) is 3. The van der Waals surface area contributed by atoms with Gasteiger partial charge in [0.05, 0.1) is 17.7 Å². The molecule has 0 bridgehead atoms. The van der Waals surface area contributed by atoms with E-state index in [4.69, 9.17) is 9.47 Å². The maximum atomic E-state index is 12.2. The Bertz CT molecular complexity index is 346. The van der Waals surface area contributed by atoms with E-state index >= 15 is 0 Å². The molecule has 0 spiro atoms. The smallest absolute Gasteiger partial charge is 0.410 e. The summed E-state index contributed by atoms with van der Waals surface area (Å²) in [5.74, 6) is 0. The molecule has 20 heavy (non-hydrogen) atoms. The number of ether oxygens (including phenoxy) is 2. The van der Waals surface area contributed by atoms with Crippen LogP contribution in [0.2, 0.25) is 0 Å². The molecule has 5 heteroatoms. The van der Waals surface area contributed by atoms with Gasteiger partial charge < -0.3 is 14.4 Å². The fraction of sp³-hybridized carbons (Fsp3) is 0.933. The first-order valence-corrected chi connectivity index (χ1v) is 8.73. The number of carbonyl (C=O) groups is 1. The maximum absolute atomic E-state index is 12.2. The van der Waals surface area contributed by atoms with Crippen molar-refractivity contribution >= 4 is 28.7 Å². The van der Waals surface area contributed by atoms with Crippen LogP contribution in [0.25, 0.3) is 0 Å². The third-order valence-electron chi connectivity index (χ3n) is 2.96. The van der Waals surface area contributed by atoms with Crippen molar-refractivity contribution in [3.63, 3.8) is 0 Å². The predicted octanol–water partition coefficient (Wildman–Crippen LogP) is 4.01. The Balaban J connectivity index is 2.76. The number of hydrogen-bond donors (Lipinski definition) is 0. The highest BCUT2D eigenvalue weighted by molar-refractivity contribution is 14.1. The minimum Gasteiger partial charge on any atom is -0.444 e. The second-order valence-corrected chi connectivity index (χ2v) is 8.30. The van der Waals surface area contributed by atoms with E-state index in [0.717, 1.165) is 23.8 Å². The molecule has 1 aliphatic heterocycles. The number of piperidine rings is 1. The van der Waals surface area contributed by atoms with Crippen molar-refractivity contribution < 1.29 is 14.3 Å². The van der Waals surface area contributed by atoms with Gasteiger partial charge in [-0.1, -0.05) is 22.6 Å². The first-order valence-electron chi connectivity index (χ1n) is 7.20. The van der Waals surface area contributed by atoms with Crippen LogP contribution in [0.15, 0.2) is 0 Å². The summed E-state index contributed by atoms with van der Waals surface area (Å²) in [4.78, 5) is 14.0. The van der Waals surface area contributed by atoms with Gasteiger partial charge in [0, 0.05) is 11.0 Å². The minimum absolute atomic E-state index is 0.206. The van der Waals surface area contributed by atoms with Crippen LogP contribution in [0, 0.1) is 0 Å². The van der Waals surface area contributed by atoms with Gasteiger partial charge in [-0.25, -0.2) is 4.79 Å². The molecule has 4 nitrogen and oxygen atoms in total. The van der Waals surface area contributed by atoms with Crippen LogP contribution in [0.3, 0.4) is 0 Å². The summed E-state index contributed by atoms with van der Waals surface area (Å²) < 4.78 is 12.6. The van der Waals surface area contributed by atoms with Crippen molar-refractivity contribution in [3.8, 4) is 0 Å². The van der Waals surface area contributed by atoms with Crippen LogP contribution in [0.1, 0.15) is 54.4 Å². The molecular formula is C15H28INO3. The number of alkyl halides is 1. The molecule has 1 unspecified atom stereocenters. The van der Waals surface area contributed by atoms with Gasteiger partial charge in [-0.05, 0) is 54.4 Å². The summed E-state index contributed by atoms with van der Waals surface area (Å²) in [7, 11) is 0. The number of rotatable bonds is 2. The van der Waals surface area contributed by atoms with Gasteiger partial charge in [0.25, 0.3) is 0 Å². The van der Waals surface area contributed by atoms with Gasteiger partial charge in [0.2, 0.25) is 0 Å². The van der Waals surface area contributed by atoms with Gasteiger partial charge in [-0.15, -0.1) is 0 Å². The molecule has 1 rings (SSSR count). The van der Waals surface area contributed by atoms with E-state index in [2.05, 4.69) is 43.4 Å². The number of carbonyl (C=O) groups excluding carboxylic acids is 1. The maximum Gasteiger partial charge on any atom is 0.410 e. The molecular weight excluding hydrogens is 369 g/mol. The molecule has 0 N–H and O–H groups in total. The highest BCUT2D eigenvalue weighted by Crippen LogP contribution is 2.32. The van der Waals surface area contributed by atoms with Crippen LogP contribution >= 0.6 is 22.6 Å². The van der Waals surface area contributed by atoms with Crippen LogP contribution in [-0.2, 0) is 9.47 Å². The van der Waals surface area contributed by atoms with Crippen molar-refractivity contribution in [2.45, 2.75) is 71.2 Å². The lowest BCUT2D eigenvalue weighted by Gasteiger charge is -2.45. The normalized spacial score (nSPS) is 24.6. The summed E-state index contributed by atoms with van der Waals surface area (Å²) in [6, 6.07) is 0. The van der Waals surface area contributed by atoms with Gasteiger partial charge in [0.15, 0.2) is 0 Å². The van der Waals surface area contributed by atoms with Crippen molar-refractivity contribution in [2.24, 2.45) is 0 Å². The Morgan fingerprint density at radius 1 is 1.20 bits per heavy atom. The lowest BCUT2D eigenvalue weighted by atomic mass is 9.93. The van der Waals surface area contributed by atoms with E-state index in [1.807, 2.05) is 20.8 Å². The molecule has 1 heterocycles. The SMILES string of the molecule is CC(C)(C)OC(=O)N1CCCC(CI)(OC(C)(C)C)C1. The first kappa shape index (κ1) is 18.0. The van der Waals surface area contributed by atoms with Gasteiger partial charge >= 0.3 is 6.09 Å². The zero-order valence-corrected chi connectivity index (χ0v) is 15.7. The largest absolute Gasteiger partial charge is 0.444 e. The Hall–Kier alpha value is -0.0400. The Labute approximate surface area is 136 Å². The molecule has 1 amide bonds. The van der Waals surface area contributed by atoms with Crippen LogP contribution in [0.5, 0.6) is 0 Å². The van der Waals surface area contributed by atoms with Crippen molar-refractivity contribution in [3.05, 3.63) is 0 Å². The number of amides is 1. The third kappa shape index (κ3) is 5.76. The van der Waals surface area contributed by atoms with Gasteiger partial charge in [-0.2, -0.15) is 0 Å². The zero-order chi connectivity index (χ0) is 15.6. The molecule has 0 radical (unpaired) electrons. The van der Waals surface area contributed by atoms with Gasteiger partial charge in [0.1, 0.15) is 5.60 Å². The first-order chi connectivity index (χ1) is 8.96. The van der Waals surface area contributed by atoms with Crippen LogP contribution < -0.4 is 0 Å². The fourth-order valence-corrected chi connectivity index (χ4v) is 3.23. The quantitative estimate of drug-likeness (QED) is 0.522. The van der Waals surface area contributed by atoms with Crippen molar-refractivity contribution in [2.75, 3.05) is 17.5 Å². The number of nitrogens with zero attached hydrogens (tertiary/aromatic N) is 1. The molecule has 1 saturated heterocycles. The molecule has 0 saturated carbocycles. The predicted molar refractivity (Wildman–Crippen MR) is 89.5 cm³/mol. The van der Waals surface area contributed by atoms with E-state index < -0.39 is 5.60 Å². The Morgan fingerprint density at radius 2 is 1.80 bits per heavy atom. The molecule has 0 aromatic carbocycles. The molecule has 1 aliphatic rings. The monoisotopic (exact) mass is 397 g/mol. The van der Waals surface area contributed by atoms with E-state index in [0.29, 0.717) is 6.54 Å². The standard InChI is InChI=1S/C15H28INO3/c1-13(2,3)19-12(18)17-9-7-8-15(10-16,11-17)20-14(4,5)6/h7-11H2,1-6H3. The van der Waals surface area contributed by atoms with Gasteiger partial charge in [-0.3, -0.25) is 0 Å². The minimum atomic E-state index is -0.452. The lowest BCUT2D eigenvalue weighted by molar-refractivity contribution is -0.143. The highest BCUT2D eigenvalue weighted by Gasteiger charge is 2.41. The summed E-state index contributed by atoms with van der Waals surface area (Å²) >= 11 is 2.36. The summed E-state index contributed by atoms with van der Waals surface area (Å²) in [6.45, 7) is 13.2. The number of likely N-dealkylation sites (tertiary alicyclic amines) is 1. The Morgan fingerprint density at radius 3 is 2.25 bits per heavy atom. The van der Waals surface area contributed by atoms with Crippen molar-refractivity contribution in [1.82, 2.24) is 4.90 Å². The topological polar surface area (TPSA) is 38.8 Å². The Kier molecular flexibility index (Phi) is 5.75. The van der Waals surface area contributed by atoms with E-state index in [-0.39, 0.29) is 17.3 Å². The summed E-state index contributed by atoms with van der Waals surface area (Å²) in [5, 5.41) is 0. The molecule has 1 atom stereocenters. The average Bonchev–Trinajstić information content (AvgIpc) is 2.24. The molecule has 0 aromatic heterocycles. The summed E-state index contributed by atoms with van der Waals surface area (Å²) in [5.41, 5.74) is -0.914. The summed E-state index contributed by atoms with van der Waals surface area (Å²) in [6.07, 6.45) is 1.72. The van der Waals surface area contributed by atoms with E-state index in [9.17, 15) is 4.79 Å². The van der Waals surface area contributed by atoms with Crippen molar-refractivity contribution in [1.29, 1.82) is 0 Å². The van der Waals surface area contributed by atoms with Crippen LogP contribution in [-0.4, -0.2) is 45.3 Å². The molecule has 118 valence electrons. The average molecular weight is 397 g/mol. The zero-order valence-electron chi connectivity index (χ0n) is 13.6. The lowest BCUT2D eigenvalue weighted by Crippen LogP contribution is -2.56. The van der Waals surface area contributed by atoms with E-state index in [1.165, 1.54) is 0 Å². The fourth-order valence-electron chi connectivity index (χ4n) is 2.45. The molecule has 0 aromatic rings. The third-order valence-corrected chi connectivity index (χ3v) is 4.35. The van der Waals surface area contributed by atoms with E-state index in [1.54, 1.807) is 4.90 Å². The second kappa shape index (κ2) is 6.38.